The number of aryl methyl sites for hydroxylation is 1. The monoisotopic (exact) mass is 395 g/mol. The third-order valence-corrected chi connectivity index (χ3v) is 4.48. The maximum atomic E-state index is 13.2. The van der Waals surface area contributed by atoms with Crippen LogP contribution in [-0.4, -0.2) is 28.2 Å². The number of anilines is 2. The van der Waals surface area contributed by atoms with Gasteiger partial charge in [0.25, 0.3) is 0 Å². The second-order valence-corrected chi connectivity index (χ2v) is 6.83. The standard InChI is InChI=1S/C18H20F3N5S/c1-12-4-6-13(7-5-12)11-22-17(27)25-16-23-14(18(19,20)21)10-15(24-16)26-8-2-3-9-26/h4-7,10H,2-3,8-9,11H2,1H3,(H2,22,23,24,25,27). The molecule has 1 fully saturated rings. The molecule has 0 radical (unpaired) electrons. The zero-order valence-electron chi connectivity index (χ0n) is 14.8. The van der Waals surface area contributed by atoms with Gasteiger partial charge >= 0.3 is 6.18 Å². The van der Waals surface area contributed by atoms with Gasteiger partial charge in [0.05, 0.1) is 0 Å². The van der Waals surface area contributed by atoms with E-state index in [0.717, 1.165) is 30.0 Å². The molecule has 27 heavy (non-hydrogen) atoms. The molecule has 2 aromatic rings. The second-order valence-electron chi connectivity index (χ2n) is 6.42. The Labute approximate surface area is 161 Å². The Morgan fingerprint density at radius 1 is 1.15 bits per heavy atom. The molecular formula is C18H20F3N5S. The highest BCUT2D eigenvalue weighted by Gasteiger charge is 2.34. The summed E-state index contributed by atoms with van der Waals surface area (Å²) in [5, 5.41) is 5.80. The molecule has 5 nitrogen and oxygen atoms in total. The van der Waals surface area contributed by atoms with Crippen molar-refractivity contribution in [1.29, 1.82) is 0 Å². The number of hydrogen-bond donors (Lipinski definition) is 2. The van der Waals surface area contributed by atoms with Crippen molar-refractivity contribution in [3.05, 3.63) is 47.2 Å². The molecule has 1 aromatic carbocycles. The van der Waals surface area contributed by atoms with Crippen molar-refractivity contribution in [2.24, 2.45) is 0 Å². The fourth-order valence-electron chi connectivity index (χ4n) is 2.78. The first kappa shape index (κ1) is 19.3. The van der Waals surface area contributed by atoms with Gasteiger partial charge in [0.2, 0.25) is 5.95 Å². The van der Waals surface area contributed by atoms with Gasteiger partial charge in [0.15, 0.2) is 10.8 Å². The van der Waals surface area contributed by atoms with Gasteiger partial charge in [-0.2, -0.15) is 18.2 Å². The fraction of sp³-hybridized carbons (Fsp3) is 0.389. The third kappa shape index (κ3) is 5.29. The molecule has 1 aliphatic heterocycles. The van der Waals surface area contributed by atoms with E-state index < -0.39 is 11.9 Å². The Morgan fingerprint density at radius 2 is 1.81 bits per heavy atom. The number of hydrogen-bond acceptors (Lipinski definition) is 4. The lowest BCUT2D eigenvalue weighted by molar-refractivity contribution is -0.141. The van der Waals surface area contributed by atoms with Crippen LogP contribution in [0.25, 0.3) is 0 Å². The van der Waals surface area contributed by atoms with Crippen LogP contribution in [0.15, 0.2) is 30.3 Å². The molecule has 2 heterocycles. The van der Waals surface area contributed by atoms with E-state index in [4.69, 9.17) is 12.2 Å². The van der Waals surface area contributed by atoms with Crippen LogP contribution in [0.5, 0.6) is 0 Å². The quantitative estimate of drug-likeness (QED) is 0.766. The van der Waals surface area contributed by atoms with Crippen LogP contribution in [0.4, 0.5) is 24.9 Å². The number of nitrogens with zero attached hydrogens (tertiary/aromatic N) is 3. The van der Waals surface area contributed by atoms with Crippen LogP contribution in [-0.2, 0) is 12.7 Å². The van der Waals surface area contributed by atoms with Gasteiger partial charge in [-0.25, -0.2) is 4.98 Å². The minimum Gasteiger partial charge on any atom is -0.358 e. The topological polar surface area (TPSA) is 53.1 Å². The SMILES string of the molecule is Cc1ccc(CNC(=S)Nc2nc(N3CCCC3)cc(C(F)(F)F)n2)cc1. The van der Waals surface area contributed by atoms with E-state index in [-0.39, 0.29) is 16.9 Å². The van der Waals surface area contributed by atoms with Crippen molar-refractivity contribution in [2.45, 2.75) is 32.5 Å². The lowest BCUT2D eigenvalue weighted by Crippen LogP contribution is -2.30. The lowest BCUT2D eigenvalue weighted by Gasteiger charge is -2.19. The minimum atomic E-state index is -4.55. The summed E-state index contributed by atoms with van der Waals surface area (Å²) in [5.41, 5.74) is 1.17. The zero-order valence-corrected chi connectivity index (χ0v) is 15.6. The van der Waals surface area contributed by atoms with E-state index in [2.05, 4.69) is 20.6 Å². The number of benzene rings is 1. The lowest BCUT2D eigenvalue weighted by atomic mass is 10.1. The normalized spacial score (nSPS) is 14.3. The average molecular weight is 395 g/mol. The molecule has 9 heteroatoms. The van der Waals surface area contributed by atoms with Gasteiger partial charge in [-0.05, 0) is 37.5 Å². The van der Waals surface area contributed by atoms with Gasteiger partial charge in [-0.3, -0.25) is 0 Å². The number of rotatable bonds is 4. The van der Waals surface area contributed by atoms with E-state index in [1.165, 1.54) is 0 Å². The maximum Gasteiger partial charge on any atom is 0.433 e. The van der Waals surface area contributed by atoms with Crippen LogP contribution < -0.4 is 15.5 Å². The summed E-state index contributed by atoms with van der Waals surface area (Å²) >= 11 is 5.18. The fourth-order valence-corrected chi connectivity index (χ4v) is 2.94. The molecule has 1 aliphatic rings. The summed E-state index contributed by atoms with van der Waals surface area (Å²) < 4.78 is 39.6. The molecule has 1 saturated heterocycles. The Kier molecular flexibility index (Phi) is 5.79. The molecule has 0 aliphatic carbocycles. The molecule has 0 amide bonds. The number of aromatic nitrogens is 2. The van der Waals surface area contributed by atoms with Crippen molar-refractivity contribution >= 4 is 29.1 Å². The third-order valence-electron chi connectivity index (χ3n) is 4.23. The Morgan fingerprint density at radius 3 is 2.44 bits per heavy atom. The van der Waals surface area contributed by atoms with Crippen molar-refractivity contribution < 1.29 is 13.2 Å². The maximum absolute atomic E-state index is 13.2. The second kappa shape index (κ2) is 8.08. The predicted octanol–water partition coefficient (Wildman–Crippen LogP) is 3.89. The zero-order chi connectivity index (χ0) is 19.4. The first-order valence-corrected chi connectivity index (χ1v) is 9.04. The van der Waals surface area contributed by atoms with Crippen molar-refractivity contribution in [1.82, 2.24) is 15.3 Å². The molecule has 3 rings (SSSR count). The van der Waals surface area contributed by atoms with Gasteiger partial charge < -0.3 is 15.5 Å². The van der Waals surface area contributed by atoms with Crippen LogP contribution in [0.2, 0.25) is 0 Å². The van der Waals surface area contributed by atoms with Crippen molar-refractivity contribution in [3.8, 4) is 0 Å². The predicted molar refractivity (Wildman–Crippen MR) is 103 cm³/mol. The van der Waals surface area contributed by atoms with Crippen molar-refractivity contribution in [3.63, 3.8) is 0 Å². The first-order chi connectivity index (χ1) is 12.8. The van der Waals surface area contributed by atoms with E-state index >= 15 is 0 Å². The van der Waals surface area contributed by atoms with Gasteiger partial charge in [-0.15, -0.1) is 0 Å². The average Bonchev–Trinajstić information content (AvgIpc) is 3.15. The van der Waals surface area contributed by atoms with Crippen LogP contribution in [0, 0.1) is 6.92 Å². The van der Waals surface area contributed by atoms with Gasteiger partial charge in [0.1, 0.15) is 5.82 Å². The highest BCUT2D eigenvalue weighted by atomic mass is 32.1. The van der Waals surface area contributed by atoms with Crippen LogP contribution in [0.1, 0.15) is 29.7 Å². The Balaban J connectivity index is 1.71. The summed E-state index contributed by atoms with van der Waals surface area (Å²) in [7, 11) is 0. The molecule has 0 atom stereocenters. The molecule has 0 bridgehead atoms. The summed E-state index contributed by atoms with van der Waals surface area (Å²) in [6.45, 7) is 3.81. The molecule has 1 aromatic heterocycles. The summed E-state index contributed by atoms with van der Waals surface area (Å²) in [5.74, 6) is 0.104. The van der Waals surface area contributed by atoms with E-state index in [0.29, 0.717) is 19.6 Å². The van der Waals surface area contributed by atoms with Crippen LogP contribution in [0.3, 0.4) is 0 Å². The molecular weight excluding hydrogens is 375 g/mol. The summed E-state index contributed by atoms with van der Waals surface area (Å²) in [4.78, 5) is 9.62. The molecule has 144 valence electrons. The number of nitrogens with one attached hydrogen (secondary N) is 2. The Bertz CT molecular complexity index is 802. The smallest absolute Gasteiger partial charge is 0.358 e. The van der Waals surface area contributed by atoms with Crippen molar-refractivity contribution in [2.75, 3.05) is 23.3 Å². The molecule has 0 saturated carbocycles. The summed E-state index contributed by atoms with van der Waals surface area (Å²) in [6.07, 6.45) is -2.68. The molecule has 0 spiro atoms. The molecule has 0 unspecified atom stereocenters. The number of thiocarbonyl (C=S) groups is 1. The largest absolute Gasteiger partial charge is 0.433 e. The number of alkyl halides is 3. The minimum absolute atomic E-state index is 0.159. The Hall–Kier alpha value is -2.42. The summed E-state index contributed by atoms with van der Waals surface area (Å²) in [6, 6.07) is 8.85. The van der Waals surface area contributed by atoms with E-state index in [1.807, 2.05) is 36.1 Å². The highest BCUT2D eigenvalue weighted by Crippen LogP contribution is 2.31. The first-order valence-electron chi connectivity index (χ1n) is 8.63. The van der Waals surface area contributed by atoms with Gasteiger partial charge in [0, 0.05) is 25.7 Å². The highest BCUT2D eigenvalue weighted by molar-refractivity contribution is 7.80. The van der Waals surface area contributed by atoms with E-state index in [1.54, 1.807) is 0 Å². The van der Waals surface area contributed by atoms with Crippen LogP contribution >= 0.6 is 12.2 Å². The number of halogens is 3. The van der Waals surface area contributed by atoms with E-state index in [9.17, 15) is 13.2 Å². The molecule has 2 N–H and O–H groups in total. The van der Waals surface area contributed by atoms with Gasteiger partial charge in [-0.1, -0.05) is 29.8 Å².